The lowest BCUT2D eigenvalue weighted by Crippen LogP contribution is -2.52. The molecule has 4 aliphatic rings. The summed E-state index contributed by atoms with van der Waals surface area (Å²) in [5, 5.41) is 3.26. The topological polar surface area (TPSA) is 86.8 Å². The second-order valence-electron chi connectivity index (χ2n) is 13.5. The number of benzene rings is 3. The van der Waals surface area contributed by atoms with Gasteiger partial charge in [0.05, 0.1) is 11.9 Å². The van der Waals surface area contributed by atoms with Crippen LogP contribution in [-0.2, 0) is 38.0 Å². The van der Waals surface area contributed by atoms with E-state index in [0.717, 1.165) is 39.4 Å². The maximum atomic E-state index is 14.2. The molecule has 4 saturated carbocycles. The molecule has 7 nitrogen and oxygen atoms in total. The molecule has 9 heteroatoms. The van der Waals surface area contributed by atoms with Crippen LogP contribution in [0.5, 0.6) is 0 Å². The Balaban J connectivity index is 1.29. The van der Waals surface area contributed by atoms with E-state index in [0.29, 0.717) is 10.7 Å². The molecular weight excluding hydrogens is 606 g/mol. The number of carbonyl (C=O) groups excluding carboxylic acids is 2. The molecule has 0 radical (unpaired) electrons. The fourth-order valence-electron chi connectivity index (χ4n) is 8.57. The van der Waals surface area contributed by atoms with Crippen molar-refractivity contribution in [3.63, 3.8) is 0 Å². The normalized spacial score (nSPS) is 24.2. The first-order valence-corrected chi connectivity index (χ1v) is 18.1. The third-order valence-corrected chi connectivity index (χ3v) is 11.7. The highest BCUT2D eigenvalue weighted by atomic mass is 35.5. The zero-order valence-electron chi connectivity index (χ0n) is 26.0. The molecule has 3 aromatic rings. The van der Waals surface area contributed by atoms with E-state index in [-0.39, 0.29) is 24.3 Å². The standard InChI is InChI=1S/C36H42ClN3O4S/c1-38-35(42)33(19-25-6-4-3-5-7-25)39(23-26-8-12-31(37)13-9-26)34(41)24-40(45(2,43)44)32-14-10-30(11-15-32)36-20-27-16-28(21-36)18-29(17-27)22-36/h3-15,27-29,33H,16-24H2,1-2H3,(H,38,42)/t27?,28?,29?,33-,36?/m1/s1. The van der Waals surface area contributed by atoms with Crippen LogP contribution in [-0.4, -0.2) is 51.0 Å². The molecule has 4 fully saturated rings. The fraction of sp³-hybridized carbons (Fsp3) is 0.444. The average molecular weight is 648 g/mol. The van der Waals surface area contributed by atoms with Gasteiger partial charge in [-0.15, -0.1) is 0 Å². The minimum absolute atomic E-state index is 0.115. The van der Waals surface area contributed by atoms with E-state index < -0.39 is 28.5 Å². The lowest BCUT2D eigenvalue weighted by molar-refractivity contribution is -0.139. The molecule has 3 aromatic carbocycles. The second-order valence-corrected chi connectivity index (χ2v) is 15.8. The van der Waals surface area contributed by atoms with Gasteiger partial charge in [0, 0.05) is 25.0 Å². The number of sulfonamides is 1. The quantitative estimate of drug-likeness (QED) is 0.278. The number of carbonyl (C=O) groups is 2. The van der Waals surface area contributed by atoms with Crippen LogP contribution in [0, 0.1) is 17.8 Å². The van der Waals surface area contributed by atoms with E-state index >= 15 is 0 Å². The summed E-state index contributed by atoms with van der Waals surface area (Å²) in [6.45, 7) is -0.311. The zero-order valence-corrected chi connectivity index (χ0v) is 27.6. The smallest absolute Gasteiger partial charge is 0.244 e. The summed E-state index contributed by atoms with van der Waals surface area (Å²) in [7, 11) is -2.28. The van der Waals surface area contributed by atoms with Crippen LogP contribution in [0.1, 0.15) is 55.2 Å². The number of hydrogen-bond donors (Lipinski definition) is 1. The van der Waals surface area contributed by atoms with E-state index in [9.17, 15) is 18.0 Å². The third-order valence-electron chi connectivity index (χ3n) is 10.3. The molecule has 0 aliphatic heterocycles. The summed E-state index contributed by atoms with van der Waals surface area (Å²) < 4.78 is 27.6. The number of nitrogens with zero attached hydrogens (tertiary/aromatic N) is 2. The number of amides is 2. The van der Waals surface area contributed by atoms with Crippen molar-refractivity contribution in [2.75, 3.05) is 24.2 Å². The van der Waals surface area contributed by atoms with Crippen molar-refractivity contribution < 1.29 is 18.0 Å². The van der Waals surface area contributed by atoms with Crippen molar-refractivity contribution in [2.24, 2.45) is 17.8 Å². The summed E-state index contributed by atoms with van der Waals surface area (Å²) in [5.41, 5.74) is 3.59. The maximum absolute atomic E-state index is 14.2. The Hall–Kier alpha value is -3.36. The van der Waals surface area contributed by atoms with Crippen LogP contribution in [0.4, 0.5) is 5.69 Å². The molecule has 1 N–H and O–H groups in total. The molecule has 45 heavy (non-hydrogen) atoms. The van der Waals surface area contributed by atoms with Crippen molar-refractivity contribution in [2.45, 2.75) is 62.9 Å². The van der Waals surface area contributed by atoms with Gasteiger partial charge in [0.1, 0.15) is 12.6 Å². The Bertz CT molecular complexity index is 1590. The van der Waals surface area contributed by atoms with Gasteiger partial charge in [-0.25, -0.2) is 8.42 Å². The lowest BCUT2D eigenvalue weighted by Gasteiger charge is -2.57. The number of hydrogen-bond acceptors (Lipinski definition) is 4. The highest BCUT2D eigenvalue weighted by Gasteiger charge is 2.51. The van der Waals surface area contributed by atoms with Gasteiger partial charge in [0.15, 0.2) is 0 Å². The Labute approximate surface area is 272 Å². The van der Waals surface area contributed by atoms with E-state index in [1.54, 1.807) is 19.2 Å². The Kier molecular flexibility index (Phi) is 8.99. The Morgan fingerprint density at radius 2 is 1.44 bits per heavy atom. The molecule has 2 amide bonds. The maximum Gasteiger partial charge on any atom is 0.244 e. The number of rotatable bonds is 11. The molecule has 0 aromatic heterocycles. The van der Waals surface area contributed by atoms with Crippen LogP contribution in [0.3, 0.4) is 0 Å². The average Bonchev–Trinajstić information content (AvgIpc) is 3.01. The van der Waals surface area contributed by atoms with Gasteiger partial charge in [-0.2, -0.15) is 0 Å². The van der Waals surface area contributed by atoms with Gasteiger partial charge in [0.25, 0.3) is 0 Å². The van der Waals surface area contributed by atoms with Gasteiger partial charge in [0.2, 0.25) is 21.8 Å². The van der Waals surface area contributed by atoms with Gasteiger partial charge >= 0.3 is 0 Å². The first-order chi connectivity index (χ1) is 21.5. The summed E-state index contributed by atoms with van der Waals surface area (Å²) in [6.07, 6.45) is 9.12. The summed E-state index contributed by atoms with van der Waals surface area (Å²) >= 11 is 6.12. The first kappa shape index (κ1) is 31.6. The third kappa shape index (κ3) is 6.92. The van der Waals surface area contributed by atoms with Crippen molar-refractivity contribution in [1.82, 2.24) is 10.2 Å². The lowest BCUT2D eigenvalue weighted by atomic mass is 9.48. The molecule has 0 saturated heterocycles. The van der Waals surface area contributed by atoms with E-state index in [4.69, 9.17) is 11.6 Å². The molecule has 4 bridgehead atoms. The van der Waals surface area contributed by atoms with Crippen LogP contribution in [0.15, 0.2) is 78.9 Å². The number of anilines is 1. The Morgan fingerprint density at radius 3 is 1.98 bits per heavy atom. The van der Waals surface area contributed by atoms with Crippen LogP contribution >= 0.6 is 11.6 Å². The van der Waals surface area contributed by atoms with Gasteiger partial charge in [-0.1, -0.05) is 66.2 Å². The molecule has 0 spiro atoms. The molecule has 0 unspecified atom stereocenters. The van der Waals surface area contributed by atoms with Gasteiger partial charge in [-0.05, 0) is 103 Å². The molecule has 238 valence electrons. The SMILES string of the molecule is CNC(=O)[C@@H](Cc1ccccc1)N(Cc1ccc(Cl)cc1)C(=O)CN(c1ccc(C23CC4CC(CC(C4)C2)C3)cc1)S(C)(=O)=O. The summed E-state index contributed by atoms with van der Waals surface area (Å²) in [6, 6.07) is 23.6. The van der Waals surface area contributed by atoms with E-state index in [2.05, 4.69) is 17.4 Å². The first-order valence-electron chi connectivity index (χ1n) is 15.9. The molecule has 0 heterocycles. The van der Waals surface area contributed by atoms with Crippen LogP contribution in [0.25, 0.3) is 0 Å². The number of nitrogens with one attached hydrogen (secondary N) is 1. The van der Waals surface area contributed by atoms with Crippen molar-refractivity contribution in [1.29, 1.82) is 0 Å². The van der Waals surface area contributed by atoms with E-state index in [1.807, 2.05) is 54.6 Å². The predicted molar refractivity (Wildman–Crippen MR) is 178 cm³/mol. The summed E-state index contributed by atoms with van der Waals surface area (Å²) in [5.74, 6) is 1.61. The zero-order chi connectivity index (χ0) is 31.8. The predicted octanol–water partition coefficient (Wildman–Crippen LogP) is 5.96. The highest BCUT2D eigenvalue weighted by molar-refractivity contribution is 7.92. The minimum Gasteiger partial charge on any atom is -0.357 e. The van der Waals surface area contributed by atoms with Crippen molar-refractivity contribution in [3.05, 3.63) is 101 Å². The Morgan fingerprint density at radius 1 is 0.867 bits per heavy atom. The number of halogens is 1. The van der Waals surface area contributed by atoms with Gasteiger partial charge < -0.3 is 10.2 Å². The van der Waals surface area contributed by atoms with Crippen LogP contribution < -0.4 is 9.62 Å². The largest absolute Gasteiger partial charge is 0.357 e. The molecule has 7 rings (SSSR count). The second kappa shape index (κ2) is 12.8. The van der Waals surface area contributed by atoms with Gasteiger partial charge in [-0.3, -0.25) is 13.9 Å². The highest BCUT2D eigenvalue weighted by Crippen LogP contribution is 2.60. The molecular formula is C36H42ClN3O4S. The molecule has 1 atom stereocenters. The minimum atomic E-state index is -3.83. The number of likely N-dealkylation sites (N-methyl/N-ethyl adjacent to an activating group) is 1. The van der Waals surface area contributed by atoms with Crippen molar-refractivity contribution >= 4 is 39.1 Å². The van der Waals surface area contributed by atoms with Crippen molar-refractivity contribution in [3.8, 4) is 0 Å². The van der Waals surface area contributed by atoms with E-state index in [1.165, 1.54) is 49.0 Å². The monoisotopic (exact) mass is 647 g/mol. The molecule has 4 aliphatic carbocycles. The summed E-state index contributed by atoms with van der Waals surface area (Å²) in [4.78, 5) is 29.0. The van der Waals surface area contributed by atoms with Crippen LogP contribution in [0.2, 0.25) is 5.02 Å². The fourth-order valence-corrected chi connectivity index (χ4v) is 9.54.